The van der Waals surface area contributed by atoms with Crippen LogP contribution in [0.1, 0.15) is 41.6 Å². The maximum Gasteiger partial charge on any atom is 0.404 e. The molecule has 2 N–H and O–H groups in total. The number of primary amides is 1. The van der Waals surface area contributed by atoms with Gasteiger partial charge in [-0.05, 0) is 18.1 Å². The molecule has 0 saturated heterocycles. The van der Waals surface area contributed by atoms with Gasteiger partial charge >= 0.3 is 6.09 Å². The molecule has 0 atom stereocenters. The molecule has 6 nitrogen and oxygen atoms in total. The third kappa shape index (κ3) is 5.69. The van der Waals surface area contributed by atoms with Gasteiger partial charge in [0.1, 0.15) is 22.5 Å². The maximum atomic E-state index is 13.7. The highest BCUT2D eigenvalue weighted by molar-refractivity contribution is 7.99. The number of amides is 1. The number of ether oxygens (including phenoxy) is 1. The molecule has 2 aromatic carbocycles. The number of ketones is 1. The number of hydrogen-bond donors (Lipinski definition) is 1. The number of hydrogen-bond acceptors (Lipinski definition) is 5. The highest BCUT2D eigenvalue weighted by Crippen LogP contribution is 2.36. The van der Waals surface area contributed by atoms with Crippen molar-refractivity contribution in [2.24, 2.45) is 5.73 Å². The average Bonchev–Trinajstić information content (AvgIpc) is 3.03. The van der Waals surface area contributed by atoms with Crippen LogP contribution in [-0.4, -0.2) is 21.4 Å². The number of rotatable bonds is 8. The molecule has 0 radical (unpaired) electrons. The maximum absolute atomic E-state index is 13.7. The molecule has 3 aromatic rings. The Bertz CT molecular complexity index is 1080. The summed E-state index contributed by atoms with van der Waals surface area (Å²) in [4.78, 5) is 28.9. The van der Waals surface area contributed by atoms with Crippen LogP contribution >= 0.6 is 11.8 Å². The molecule has 31 heavy (non-hydrogen) atoms. The fourth-order valence-corrected chi connectivity index (χ4v) is 4.19. The van der Waals surface area contributed by atoms with Crippen LogP contribution in [0.25, 0.3) is 0 Å². The molecule has 1 aromatic heterocycles. The van der Waals surface area contributed by atoms with E-state index in [1.54, 1.807) is 34.9 Å². The zero-order chi connectivity index (χ0) is 22.5. The summed E-state index contributed by atoms with van der Waals surface area (Å²) in [6, 6.07) is 11.9. The SMILES string of the molecule is CC(C)c1nc(COC(N)=O)n(CC(=O)c2ccccc2)c1Sc1cc(F)cc(F)c1. The molecule has 0 saturated carbocycles. The van der Waals surface area contributed by atoms with E-state index in [9.17, 15) is 18.4 Å². The predicted octanol–water partition coefficient (Wildman–Crippen LogP) is 4.91. The van der Waals surface area contributed by atoms with Crippen LogP contribution in [0.5, 0.6) is 0 Å². The Balaban J connectivity index is 2.06. The fourth-order valence-electron chi connectivity index (χ4n) is 2.95. The van der Waals surface area contributed by atoms with Gasteiger partial charge in [0, 0.05) is 16.5 Å². The van der Waals surface area contributed by atoms with Crippen molar-refractivity contribution in [1.82, 2.24) is 9.55 Å². The Morgan fingerprint density at radius 3 is 2.35 bits per heavy atom. The van der Waals surface area contributed by atoms with Crippen LogP contribution in [0.2, 0.25) is 0 Å². The topological polar surface area (TPSA) is 87.2 Å². The Morgan fingerprint density at radius 1 is 1.13 bits per heavy atom. The molecule has 3 rings (SSSR count). The molecule has 0 bridgehead atoms. The predicted molar refractivity (Wildman–Crippen MR) is 112 cm³/mol. The summed E-state index contributed by atoms with van der Waals surface area (Å²) < 4.78 is 34.0. The fraction of sp³-hybridized carbons (Fsp3) is 0.227. The largest absolute Gasteiger partial charge is 0.442 e. The summed E-state index contributed by atoms with van der Waals surface area (Å²) in [7, 11) is 0. The Kier molecular flexibility index (Phi) is 7.06. The van der Waals surface area contributed by atoms with Crippen LogP contribution in [0, 0.1) is 11.6 Å². The van der Waals surface area contributed by atoms with Gasteiger partial charge in [0.2, 0.25) is 0 Å². The summed E-state index contributed by atoms with van der Waals surface area (Å²) in [6.45, 7) is 3.47. The highest BCUT2D eigenvalue weighted by Gasteiger charge is 2.23. The minimum atomic E-state index is -0.976. The van der Waals surface area contributed by atoms with Gasteiger partial charge in [-0.2, -0.15) is 0 Å². The molecule has 0 aliphatic rings. The Hall–Kier alpha value is -3.20. The monoisotopic (exact) mass is 445 g/mol. The summed E-state index contributed by atoms with van der Waals surface area (Å²) in [6.07, 6.45) is -0.976. The molecule has 162 valence electrons. The van der Waals surface area contributed by atoms with E-state index in [-0.39, 0.29) is 24.9 Å². The Labute approximate surface area is 182 Å². The number of aromatic nitrogens is 2. The quantitative estimate of drug-likeness (QED) is 0.498. The zero-order valence-corrected chi connectivity index (χ0v) is 17.8. The third-order valence-electron chi connectivity index (χ3n) is 4.36. The first kappa shape index (κ1) is 22.5. The number of carbonyl (C=O) groups is 2. The van der Waals surface area contributed by atoms with Crippen molar-refractivity contribution >= 4 is 23.6 Å². The normalized spacial score (nSPS) is 11.0. The van der Waals surface area contributed by atoms with Crippen LogP contribution in [0.4, 0.5) is 13.6 Å². The van der Waals surface area contributed by atoms with E-state index in [4.69, 9.17) is 10.5 Å². The number of Topliss-reactive ketones (excluding diaryl/α,β-unsaturated/α-hetero) is 1. The summed E-state index contributed by atoms with van der Waals surface area (Å²) in [5.74, 6) is -1.37. The van der Waals surface area contributed by atoms with E-state index >= 15 is 0 Å². The first-order valence-electron chi connectivity index (χ1n) is 9.48. The first-order valence-corrected chi connectivity index (χ1v) is 10.3. The van der Waals surface area contributed by atoms with Crippen molar-refractivity contribution in [1.29, 1.82) is 0 Å². The number of carbonyl (C=O) groups excluding carboxylic acids is 2. The van der Waals surface area contributed by atoms with Crippen molar-refractivity contribution < 1.29 is 23.1 Å². The van der Waals surface area contributed by atoms with E-state index in [1.807, 2.05) is 13.8 Å². The second-order valence-corrected chi connectivity index (χ2v) is 8.13. The highest BCUT2D eigenvalue weighted by atomic mass is 32.2. The van der Waals surface area contributed by atoms with E-state index in [2.05, 4.69) is 4.98 Å². The molecular formula is C22H21F2N3O3S. The molecule has 1 amide bonds. The van der Waals surface area contributed by atoms with E-state index < -0.39 is 17.7 Å². The number of halogens is 2. The molecule has 0 fully saturated rings. The van der Waals surface area contributed by atoms with E-state index in [0.717, 1.165) is 17.8 Å². The zero-order valence-electron chi connectivity index (χ0n) is 17.0. The minimum Gasteiger partial charge on any atom is -0.442 e. The van der Waals surface area contributed by atoms with Gasteiger partial charge in [0.15, 0.2) is 12.4 Å². The molecule has 0 spiro atoms. The third-order valence-corrected chi connectivity index (χ3v) is 5.46. The molecule has 1 heterocycles. The van der Waals surface area contributed by atoms with Crippen molar-refractivity contribution in [3.63, 3.8) is 0 Å². The lowest BCUT2D eigenvalue weighted by atomic mass is 10.1. The van der Waals surface area contributed by atoms with Gasteiger partial charge in [-0.25, -0.2) is 18.6 Å². The van der Waals surface area contributed by atoms with Crippen molar-refractivity contribution in [2.45, 2.75) is 42.8 Å². The number of imidazole rings is 1. The molecule has 0 unspecified atom stereocenters. The van der Waals surface area contributed by atoms with E-state index in [0.29, 0.717) is 27.0 Å². The van der Waals surface area contributed by atoms with Crippen molar-refractivity contribution in [2.75, 3.05) is 0 Å². The van der Waals surface area contributed by atoms with Crippen LogP contribution in [-0.2, 0) is 17.9 Å². The first-order chi connectivity index (χ1) is 14.7. The lowest BCUT2D eigenvalue weighted by Gasteiger charge is -2.13. The number of nitrogens with zero attached hydrogens (tertiary/aromatic N) is 2. The van der Waals surface area contributed by atoms with Gasteiger partial charge in [-0.1, -0.05) is 55.9 Å². The van der Waals surface area contributed by atoms with Crippen molar-refractivity contribution in [3.8, 4) is 0 Å². The van der Waals surface area contributed by atoms with Gasteiger partial charge in [0.05, 0.1) is 12.2 Å². The molecule has 0 aliphatic heterocycles. The molecule has 0 aliphatic carbocycles. The van der Waals surface area contributed by atoms with Gasteiger partial charge in [0.25, 0.3) is 0 Å². The molecular weight excluding hydrogens is 424 g/mol. The molecule has 9 heteroatoms. The second kappa shape index (κ2) is 9.74. The summed E-state index contributed by atoms with van der Waals surface area (Å²) >= 11 is 1.09. The van der Waals surface area contributed by atoms with Gasteiger partial charge in [-0.3, -0.25) is 4.79 Å². The summed E-state index contributed by atoms with van der Waals surface area (Å²) in [5, 5.41) is 0.535. The standard InChI is InChI=1S/C22H21F2N3O3S/c1-13(2)20-21(31-17-9-15(23)8-16(24)10-17)27(19(26-20)12-30-22(25)29)11-18(28)14-6-4-3-5-7-14/h3-10,13H,11-12H2,1-2H3,(H2,25,29). The Morgan fingerprint density at radius 2 is 1.77 bits per heavy atom. The van der Waals surface area contributed by atoms with Crippen molar-refractivity contribution in [3.05, 3.63) is 77.2 Å². The van der Waals surface area contributed by atoms with Gasteiger partial charge in [-0.15, -0.1) is 0 Å². The number of benzene rings is 2. The lowest BCUT2D eigenvalue weighted by molar-refractivity contribution is 0.0965. The van der Waals surface area contributed by atoms with Crippen LogP contribution in [0.15, 0.2) is 58.5 Å². The lowest BCUT2D eigenvalue weighted by Crippen LogP contribution is -2.18. The van der Waals surface area contributed by atoms with Crippen LogP contribution < -0.4 is 5.73 Å². The average molecular weight is 445 g/mol. The summed E-state index contributed by atoms with van der Waals surface area (Å²) in [5.41, 5.74) is 6.20. The second-order valence-electron chi connectivity index (χ2n) is 7.06. The van der Waals surface area contributed by atoms with E-state index in [1.165, 1.54) is 12.1 Å². The number of nitrogens with two attached hydrogens (primary N) is 1. The smallest absolute Gasteiger partial charge is 0.404 e. The van der Waals surface area contributed by atoms with Gasteiger partial charge < -0.3 is 15.0 Å². The van der Waals surface area contributed by atoms with Crippen LogP contribution in [0.3, 0.4) is 0 Å². The minimum absolute atomic E-state index is 0.0682.